The smallest absolute Gasteiger partial charge is 0.319 e. The molecule has 21 heavy (non-hydrogen) atoms. The number of carbonyl (C=O) groups is 1. The summed E-state index contributed by atoms with van der Waals surface area (Å²) < 4.78 is 5.41. The lowest BCUT2D eigenvalue weighted by Gasteiger charge is -2.23. The second kappa shape index (κ2) is 6.00. The van der Waals surface area contributed by atoms with Gasteiger partial charge in [-0.2, -0.15) is 0 Å². The lowest BCUT2D eigenvalue weighted by molar-refractivity contribution is 0.246. The predicted molar refractivity (Wildman–Crippen MR) is 83.0 cm³/mol. The molecule has 6 heteroatoms. The molecule has 0 saturated carbocycles. The van der Waals surface area contributed by atoms with Gasteiger partial charge in [-0.05, 0) is 37.1 Å². The number of halogens is 2. The Bertz CT molecular complexity index is 669. The number of hydrogen-bond acceptors (Lipinski definition) is 2. The maximum atomic E-state index is 12.1. The Morgan fingerprint density at radius 3 is 2.95 bits per heavy atom. The fourth-order valence-electron chi connectivity index (χ4n) is 2.54. The number of aryl methyl sites for hydroxylation is 1. The van der Waals surface area contributed by atoms with Crippen LogP contribution in [0.1, 0.15) is 30.2 Å². The number of nitrogens with one attached hydrogen (secondary N) is 2. The minimum absolute atomic E-state index is 0.0291. The summed E-state index contributed by atoms with van der Waals surface area (Å²) in [5.41, 5.74) is 1.58. The van der Waals surface area contributed by atoms with Gasteiger partial charge in [0.05, 0.1) is 23.0 Å². The highest BCUT2D eigenvalue weighted by molar-refractivity contribution is 6.36. The summed E-state index contributed by atoms with van der Waals surface area (Å²) in [5, 5.41) is 6.62. The average Bonchev–Trinajstić information content (AvgIpc) is 2.91. The molecule has 2 aromatic rings. The van der Waals surface area contributed by atoms with E-state index in [0.29, 0.717) is 15.7 Å². The highest BCUT2D eigenvalue weighted by Crippen LogP contribution is 2.31. The minimum Gasteiger partial charge on any atom is -0.469 e. The van der Waals surface area contributed by atoms with E-state index in [-0.39, 0.29) is 12.1 Å². The third-order valence-corrected chi connectivity index (χ3v) is 4.08. The van der Waals surface area contributed by atoms with Gasteiger partial charge < -0.3 is 15.1 Å². The molecule has 4 nitrogen and oxygen atoms in total. The Labute approximate surface area is 132 Å². The van der Waals surface area contributed by atoms with Crippen LogP contribution in [0.25, 0.3) is 0 Å². The highest BCUT2D eigenvalue weighted by Gasteiger charge is 2.24. The van der Waals surface area contributed by atoms with Gasteiger partial charge in [0.15, 0.2) is 0 Å². The molecule has 1 atom stereocenters. The lowest BCUT2D eigenvalue weighted by Crippen LogP contribution is -2.34. The molecule has 1 aliphatic carbocycles. The molecule has 0 bridgehead atoms. The number of furan rings is 1. The maximum Gasteiger partial charge on any atom is 0.319 e. The molecule has 0 spiro atoms. The number of urea groups is 1. The van der Waals surface area contributed by atoms with Crippen LogP contribution in [0.4, 0.5) is 10.5 Å². The van der Waals surface area contributed by atoms with Crippen molar-refractivity contribution in [1.82, 2.24) is 5.32 Å². The van der Waals surface area contributed by atoms with E-state index in [1.54, 1.807) is 24.5 Å². The summed E-state index contributed by atoms with van der Waals surface area (Å²) in [5.74, 6) is 0.955. The summed E-state index contributed by atoms with van der Waals surface area (Å²) >= 11 is 11.9. The SMILES string of the molecule is O=C(Nc1ccc(Cl)cc1Cl)NC1CCCc2occc21. The third kappa shape index (κ3) is 3.17. The molecule has 1 unspecified atom stereocenters. The van der Waals surface area contributed by atoms with Crippen molar-refractivity contribution in [3.8, 4) is 0 Å². The largest absolute Gasteiger partial charge is 0.469 e. The fraction of sp³-hybridized carbons (Fsp3) is 0.267. The van der Waals surface area contributed by atoms with Crippen LogP contribution in [-0.2, 0) is 6.42 Å². The second-order valence-corrected chi connectivity index (χ2v) is 5.81. The third-order valence-electron chi connectivity index (χ3n) is 3.54. The normalized spacial score (nSPS) is 17.1. The van der Waals surface area contributed by atoms with E-state index in [2.05, 4.69) is 10.6 Å². The zero-order chi connectivity index (χ0) is 14.8. The first-order valence-corrected chi connectivity index (χ1v) is 7.48. The summed E-state index contributed by atoms with van der Waals surface area (Å²) in [6.07, 6.45) is 4.48. The molecule has 1 aliphatic rings. The summed E-state index contributed by atoms with van der Waals surface area (Å²) in [6, 6.07) is 6.53. The van der Waals surface area contributed by atoms with E-state index in [4.69, 9.17) is 27.6 Å². The fourth-order valence-corrected chi connectivity index (χ4v) is 3.00. The standard InChI is InChI=1S/C15H14Cl2N2O2/c16-9-4-5-13(11(17)8-9)19-15(20)18-12-2-1-3-14-10(12)6-7-21-14/h4-8,12H,1-3H2,(H2,18,19,20). The van der Waals surface area contributed by atoms with Crippen molar-refractivity contribution in [1.29, 1.82) is 0 Å². The Kier molecular flexibility index (Phi) is 4.08. The van der Waals surface area contributed by atoms with E-state index in [9.17, 15) is 4.79 Å². The zero-order valence-electron chi connectivity index (χ0n) is 11.2. The topological polar surface area (TPSA) is 54.3 Å². The van der Waals surface area contributed by atoms with E-state index < -0.39 is 0 Å². The van der Waals surface area contributed by atoms with Crippen LogP contribution < -0.4 is 10.6 Å². The number of rotatable bonds is 2. The van der Waals surface area contributed by atoms with Crippen LogP contribution >= 0.6 is 23.2 Å². The van der Waals surface area contributed by atoms with Gasteiger partial charge >= 0.3 is 6.03 Å². The molecule has 1 heterocycles. The van der Waals surface area contributed by atoms with Crippen LogP contribution in [0.5, 0.6) is 0 Å². The number of anilines is 1. The van der Waals surface area contributed by atoms with Crippen molar-refractivity contribution in [2.75, 3.05) is 5.32 Å². The number of amides is 2. The van der Waals surface area contributed by atoms with Gasteiger partial charge in [-0.15, -0.1) is 0 Å². The summed E-state index contributed by atoms with van der Waals surface area (Å²) in [7, 11) is 0. The van der Waals surface area contributed by atoms with Crippen molar-refractivity contribution in [2.24, 2.45) is 0 Å². The van der Waals surface area contributed by atoms with E-state index in [1.165, 1.54) is 0 Å². The van der Waals surface area contributed by atoms with E-state index >= 15 is 0 Å². The van der Waals surface area contributed by atoms with Crippen LogP contribution in [0.15, 0.2) is 34.9 Å². The van der Waals surface area contributed by atoms with Crippen molar-refractivity contribution in [3.63, 3.8) is 0 Å². The molecule has 110 valence electrons. The van der Waals surface area contributed by atoms with Gasteiger partial charge in [0.25, 0.3) is 0 Å². The Hall–Kier alpha value is -1.65. The van der Waals surface area contributed by atoms with Crippen LogP contribution in [0.2, 0.25) is 10.0 Å². The number of benzene rings is 1. The Morgan fingerprint density at radius 2 is 2.14 bits per heavy atom. The molecule has 3 rings (SSSR count). The number of hydrogen-bond donors (Lipinski definition) is 2. The monoisotopic (exact) mass is 324 g/mol. The first-order chi connectivity index (χ1) is 10.1. The van der Waals surface area contributed by atoms with Crippen molar-refractivity contribution >= 4 is 34.9 Å². The Morgan fingerprint density at radius 1 is 1.29 bits per heavy atom. The highest BCUT2D eigenvalue weighted by atomic mass is 35.5. The van der Waals surface area contributed by atoms with E-state index in [1.807, 2.05) is 6.07 Å². The van der Waals surface area contributed by atoms with Crippen molar-refractivity contribution in [3.05, 3.63) is 51.9 Å². The molecule has 1 aromatic carbocycles. The van der Waals surface area contributed by atoms with Gasteiger partial charge in [-0.25, -0.2) is 4.79 Å². The van der Waals surface area contributed by atoms with Gasteiger partial charge in [0, 0.05) is 17.0 Å². The molecule has 0 saturated heterocycles. The van der Waals surface area contributed by atoms with Gasteiger partial charge in [0.2, 0.25) is 0 Å². The molecule has 0 radical (unpaired) electrons. The average molecular weight is 325 g/mol. The van der Waals surface area contributed by atoms with E-state index in [0.717, 1.165) is 30.6 Å². The van der Waals surface area contributed by atoms with Crippen LogP contribution in [0, 0.1) is 0 Å². The maximum absolute atomic E-state index is 12.1. The van der Waals surface area contributed by atoms with Gasteiger partial charge in [-0.3, -0.25) is 0 Å². The summed E-state index contributed by atoms with van der Waals surface area (Å²) in [4.78, 5) is 12.1. The first-order valence-electron chi connectivity index (χ1n) is 6.72. The lowest BCUT2D eigenvalue weighted by atomic mass is 9.93. The molecule has 2 amide bonds. The van der Waals surface area contributed by atoms with Crippen molar-refractivity contribution in [2.45, 2.75) is 25.3 Å². The van der Waals surface area contributed by atoms with Gasteiger partial charge in [0.1, 0.15) is 5.76 Å². The molecular formula is C15H14Cl2N2O2. The van der Waals surface area contributed by atoms with Crippen LogP contribution in [-0.4, -0.2) is 6.03 Å². The predicted octanol–water partition coefficient (Wildman–Crippen LogP) is 4.79. The second-order valence-electron chi connectivity index (χ2n) is 4.97. The van der Waals surface area contributed by atoms with Crippen molar-refractivity contribution < 1.29 is 9.21 Å². The first kappa shape index (κ1) is 14.3. The molecular weight excluding hydrogens is 311 g/mol. The number of carbonyl (C=O) groups excluding carboxylic acids is 1. The minimum atomic E-state index is -0.293. The van der Waals surface area contributed by atoms with Gasteiger partial charge in [-0.1, -0.05) is 23.2 Å². The molecule has 0 fully saturated rings. The Balaban J connectivity index is 1.68. The molecule has 0 aliphatic heterocycles. The zero-order valence-corrected chi connectivity index (χ0v) is 12.7. The summed E-state index contributed by atoms with van der Waals surface area (Å²) in [6.45, 7) is 0. The number of fused-ring (bicyclic) bond motifs is 1. The quantitative estimate of drug-likeness (QED) is 0.834. The molecule has 2 N–H and O–H groups in total. The van der Waals surface area contributed by atoms with Crippen LogP contribution in [0.3, 0.4) is 0 Å². The molecule has 1 aromatic heterocycles.